The highest BCUT2D eigenvalue weighted by Gasteiger charge is 2.17. The van der Waals surface area contributed by atoms with Crippen LogP contribution in [0.1, 0.15) is 11.6 Å². The van der Waals surface area contributed by atoms with Crippen molar-refractivity contribution in [1.29, 1.82) is 0 Å². The van der Waals surface area contributed by atoms with Gasteiger partial charge in [0.15, 0.2) is 5.13 Å². The van der Waals surface area contributed by atoms with Gasteiger partial charge in [0.1, 0.15) is 6.04 Å². The minimum absolute atomic E-state index is 0. The van der Waals surface area contributed by atoms with E-state index in [0.29, 0.717) is 5.13 Å². The fourth-order valence-electron chi connectivity index (χ4n) is 1.98. The monoisotopic (exact) mass is 390 g/mol. The molecule has 1 amide bonds. The average molecular weight is 391 g/mol. The molecule has 0 saturated heterocycles. The number of hydrogen-bond donors (Lipinski definition) is 2. The Bertz CT molecular complexity index is 764. The Hall–Kier alpha value is -2.09. The van der Waals surface area contributed by atoms with Crippen molar-refractivity contribution < 1.29 is 4.79 Å². The van der Waals surface area contributed by atoms with Crippen LogP contribution >= 0.6 is 28.3 Å². The third-order valence-electron chi connectivity index (χ3n) is 3.15. The van der Waals surface area contributed by atoms with E-state index in [1.165, 1.54) is 11.3 Å². The summed E-state index contributed by atoms with van der Waals surface area (Å²) in [6.07, 6.45) is 3.41. The summed E-state index contributed by atoms with van der Waals surface area (Å²) in [5.41, 5.74) is 8.49. The quantitative estimate of drug-likeness (QED) is 0.714. The molecule has 0 aliphatic carbocycles. The molecule has 118 valence electrons. The summed E-state index contributed by atoms with van der Waals surface area (Å²) in [5, 5.41) is 5.18. The fourth-order valence-corrected chi connectivity index (χ4v) is 2.70. The predicted molar refractivity (Wildman–Crippen MR) is 97.7 cm³/mol. The molecule has 1 atom stereocenters. The molecule has 0 saturated carbocycles. The third-order valence-corrected chi connectivity index (χ3v) is 3.91. The van der Waals surface area contributed by atoms with Gasteiger partial charge in [-0.3, -0.25) is 9.78 Å². The Kier molecular flexibility index (Phi) is 5.97. The zero-order valence-corrected chi connectivity index (χ0v) is 14.6. The number of pyridine rings is 1. The van der Waals surface area contributed by atoms with Gasteiger partial charge in [-0.25, -0.2) is 4.98 Å². The lowest BCUT2D eigenvalue weighted by Gasteiger charge is -2.10. The summed E-state index contributed by atoms with van der Waals surface area (Å²) in [6, 6.07) is 12.3. The number of thiazole rings is 1. The molecule has 0 fully saturated rings. The molecule has 3 aromatic rings. The van der Waals surface area contributed by atoms with Gasteiger partial charge in [0, 0.05) is 23.3 Å². The number of carbonyl (C=O) groups excluding carboxylic acids is 1. The van der Waals surface area contributed by atoms with Crippen LogP contribution in [0, 0.1) is 0 Å². The number of nitrogens with two attached hydrogens (primary N) is 1. The lowest BCUT2D eigenvalue weighted by atomic mass is 10.1. The molecule has 0 aliphatic heterocycles. The largest absolute Gasteiger partial charge is 0.316 e. The Morgan fingerprint density at radius 1 is 1.13 bits per heavy atom. The number of halogens is 1. The summed E-state index contributed by atoms with van der Waals surface area (Å²) in [6.45, 7) is 0. The minimum Gasteiger partial charge on any atom is -0.316 e. The number of nitrogens with one attached hydrogen (secondary N) is 1. The van der Waals surface area contributed by atoms with Gasteiger partial charge in [0.2, 0.25) is 5.91 Å². The number of anilines is 1. The summed E-state index contributed by atoms with van der Waals surface area (Å²) >= 11 is 1.37. The zero-order chi connectivity index (χ0) is 15.4. The molecule has 3 N–H and O–H groups in total. The van der Waals surface area contributed by atoms with Crippen LogP contribution in [0.25, 0.3) is 11.3 Å². The van der Waals surface area contributed by atoms with Crippen molar-refractivity contribution in [2.45, 2.75) is 6.04 Å². The van der Waals surface area contributed by atoms with Gasteiger partial charge < -0.3 is 11.1 Å². The van der Waals surface area contributed by atoms with Gasteiger partial charge in [-0.2, -0.15) is 0 Å². The van der Waals surface area contributed by atoms with Gasteiger partial charge in [0.05, 0.1) is 5.69 Å². The Morgan fingerprint density at radius 2 is 1.83 bits per heavy atom. The van der Waals surface area contributed by atoms with Gasteiger partial charge in [-0.05, 0) is 17.7 Å². The summed E-state index contributed by atoms with van der Waals surface area (Å²) in [4.78, 5) is 20.6. The maximum absolute atomic E-state index is 12.2. The van der Waals surface area contributed by atoms with Crippen LogP contribution in [-0.4, -0.2) is 15.9 Å². The molecule has 1 unspecified atom stereocenters. The lowest BCUT2D eigenvalue weighted by Crippen LogP contribution is -2.27. The number of nitrogens with zero attached hydrogens (tertiary/aromatic N) is 2. The van der Waals surface area contributed by atoms with Crippen LogP contribution in [0.5, 0.6) is 0 Å². The molecular weight excluding hydrogens is 376 g/mol. The maximum atomic E-state index is 12.2. The van der Waals surface area contributed by atoms with Crippen molar-refractivity contribution in [2.75, 3.05) is 5.32 Å². The second-order valence-corrected chi connectivity index (χ2v) is 5.51. The van der Waals surface area contributed by atoms with Crippen LogP contribution in [-0.2, 0) is 4.79 Å². The standard InChI is InChI=1S/C16H14N4OS.BrH/c17-14(12-4-2-1-3-5-12)15(21)20-16-19-13(10-22-16)11-6-8-18-9-7-11;/h1-10,14H,17H2,(H,19,20,21);1H. The summed E-state index contributed by atoms with van der Waals surface area (Å²) in [7, 11) is 0. The van der Waals surface area contributed by atoms with Gasteiger partial charge in [0.25, 0.3) is 0 Å². The highest BCUT2D eigenvalue weighted by molar-refractivity contribution is 8.93. The molecule has 0 radical (unpaired) electrons. The summed E-state index contributed by atoms with van der Waals surface area (Å²) in [5.74, 6) is -0.276. The molecular formula is C16H15BrN4OS. The SMILES string of the molecule is Br.NC(C(=O)Nc1nc(-c2ccncc2)cs1)c1ccccc1. The topological polar surface area (TPSA) is 80.9 Å². The van der Waals surface area contributed by atoms with Crippen molar-refractivity contribution in [2.24, 2.45) is 5.73 Å². The molecule has 0 bridgehead atoms. The summed E-state index contributed by atoms with van der Waals surface area (Å²) < 4.78 is 0. The van der Waals surface area contributed by atoms with Crippen LogP contribution in [0.15, 0.2) is 60.2 Å². The highest BCUT2D eigenvalue weighted by atomic mass is 79.9. The van der Waals surface area contributed by atoms with Crippen molar-refractivity contribution in [3.63, 3.8) is 0 Å². The number of aromatic nitrogens is 2. The normalized spacial score (nSPS) is 11.3. The maximum Gasteiger partial charge on any atom is 0.247 e. The first-order valence-corrected chi connectivity index (χ1v) is 7.59. The number of rotatable bonds is 4. The Balaban J connectivity index is 0.00000192. The van der Waals surface area contributed by atoms with Crippen LogP contribution in [0.2, 0.25) is 0 Å². The first kappa shape index (κ1) is 17.3. The second-order valence-electron chi connectivity index (χ2n) is 4.65. The van der Waals surface area contributed by atoms with E-state index in [2.05, 4.69) is 15.3 Å². The highest BCUT2D eigenvalue weighted by Crippen LogP contribution is 2.25. The van der Waals surface area contributed by atoms with Gasteiger partial charge >= 0.3 is 0 Å². The first-order valence-electron chi connectivity index (χ1n) is 6.71. The zero-order valence-electron chi connectivity index (χ0n) is 12.0. The predicted octanol–water partition coefficient (Wildman–Crippen LogP) is 3.42. The third kappa shape index (κ3) is 4.22. The van der Waals surface area contributed by atoms with Crippen molar-refractivity contribution in [1.82, 2.24) is 9.97 Å². The van der Waals surface area contributed by atoms with E-state index in [1.807, 2.05) is 47.8 Å². The van der Waals surface area contributed by atoms with E-state index in [-0.39, 0.29) is 22.9 Å². The van der Waals surface area contributed by atoms with Crippen molar-refractivity contribution in [3.05, 3.63) is 65.8 Å². The van der Waals surface area contributed by atoms with E-state index in [1.54, 1.807) is 12.4 Å². The average Bonchev–Trinajstić information content (AvgIpc) is 3.04. The van der Waals surface area contributed by atoms with E-state index < -0.39 is 6.04 Å². The second kappa shape index (κ2) is 7.96. The Morgan fingerprint density at radius 3 is 2.52 bits per heavy atom. The lowest BCUT2D eigenvalue weighted by molar-refractivity contribution is -0.117. The molecule has 0 aliphatic rings. The number of carbonyl (C=O) groups is 1. The Labute approximate surface area is 148 Å². The number of amides is 1. The molecule has 3 rings (SSSR count). The molecule has 5 nitrogen and oxygen atoms in total. The molecule has 1 aromatic carbocycles. The molecule has 7 heteroatoms. The van der Waals surface area contributed by atoms with Gasteiger partial charge in [-0.1, -0.05) is 30.3 Å². The van der Waals surface area contributed by atoms with Crippen LogP contribution in [0.3, 0.4) is 0 Å². The van der Waals surface area contributed by atoms with Crippen LogP contribution < -0.4 is 11.1 Å². The smallest absolute Gasteiger partial charge is 0.247 e. The first-order chi connectivity index (χ1) is 10.7. The van der Waals surface area contributed by atoms with E-state index in [0.717, 1.165) is 16.8 Å². The molecule has 23 heavy (non-hydrogen) atoms. The van der Waals surface area contributed by atoms with E-state index in [9.17, 15) is 4.79 Å². The van der Waals surface area contributed by atoms with Crippen molar-refractivity contribution >= 4 is 39.4 Å². The number of benzene rings is 1. The minimum atomic E-state index is -0.713. The van der Waals surface area contributed by atoms with Crippen LogP contribution in [0.4, 0.5) is 5.13 Å². The molecule has 2 aromatic heterocycles. The van der Waals surface area contributed by atoms with E-state index >= 15 is 0 Å². The molecule has 2 heterocycles. The van der Waals surface area contributed by atoms with Crippen molar-refractivity contribution in [3.8, 4) is 11.3 Å². The van der Waals surface area contributed by atoms with E-state index in [4.69, 9.17) is 5.73 Å². The van der Waals surface area contributed by atoms with Gasteiger partial charge in [-0.15, -0.1) is 28.3 Å². The fraction of sp³-hybridized carbons (Fsp3) is 0.0625. The number of hydrogen-bond acceptors (Lipinski definition) is 5. The molecule has 0 spiro atoms.